The van der Waals surface area contributed by atoms with Crippen LogP contribution in [-0.2, 0) is 11.2 Å². The second-order valence-corrected chi connectivity index (χ2v) is 3.08. The number of benzene rings is 1. The van der Waals surface area contributed by atoms with Gasteiger partial charge in [-0.2, -0.15) is 0 Å². The molecule has 4 nitrogen and oxygen atoms in total. The molecule has 0 saturated carbocycles. The Morgan fingerprint density at radius 2 is 2.31 bits per heavy atom. The molecule has 3 N–H and O–H groups in total. The van der Waals surface area contributed by atoms with E-state index in [1.165, 1.54) is 6.07 Å². The standard InChI is InChI=1S/C9H9NO3/c11-6-1-2-7-5(3-6)4-8(10-7)9(12)13/h1-3,8,10-11H,4H2,(H,12,13)/t8-/m0/s1. The van der Waals surface area contributed by atoms with Crippen molar-refractivity contribution >= 4 is 11.7 Å². The quantitative estimate of drug-likeness (QED) is 0.558. The number of hydrogen-bond acceptors (Lipinski definition) is 3. The lowest BCUT2D eigenvalue weighted by Crippen LogP contribution is -2.26. The zero-order chi connectivity index (χ0) is 9.42. The van der Waals surface area contributed by atoms with Crippen LogP contribution in [0, 0.1) is 0 Å². The van der Waals surface area contributed by atoms with Crippen LogP contribution in [0.3, 0.4) is 0 Å². The average Bonchev–Trinajstić information content (AvgIpc) is 2.46. The summed E-state index contributed by atoms with van der Waals surface area (Å²) in [6.07, 6.45) is 0.430. The molecule has 0 spiro atoms. The lowest BCUT2D eigenvalue weighted by Gasteiger charge is -2.03. The van der Waals surface area contributed by atoms with Crippen molar-refractivity contribution in [2.45, 2.75) is 12.5 Å². The maximum absolute atomic E-state index is 10.6. The molecule has 1 aliphatic rings. The molecule has 1 atom stereocenters. The van der Waals surface area contributed by atoms with Crippen LogP contribution < -0.4 is 5.32 Å². The van der Waals surface area contributed by atoms with Gasteiger partial charge in [0.1, 0.15) is 11.8 Å². The molecule has 68 valence electrons. The predicted molar refractivity (Wildman–Crippen MR) is 46.9 cm³/mol. The van der Waals surface area contributed by atoms with Crippen LogP contribution in [0.25, 0.3) is 0 Å². The van der Waals surface area contributed by atoms with Gasteiger partial charge < -0.3 is 15.5 Å². The Kier molecular flexibility index (Phi) is 1.62. The van der Waals surface area contributed by atoms with E-state index >= 15 is 0 Å². The van der Waals surface area contributed by atoms with Crippen LogP contribution in [0.4, 0.5) is 5.69 Å². The van der Waals surface area contributed by atoms with E-state index in [4.69, 9.17) is 10.2 Å². The number of carboxylic acid groups (broad SMARTS) is 1. The van der Waals surface area contributed by atoms with Crippen molar-refractivity contribution in [1.29, 1.82) is 0 Å². The molecule has 0 amide bonds. The Bertz CT molecular complexity index is 362. The van der Waals surface area contributed by atoms with Gasteiger partial charge >= 0.3 is 5.97 Å². The predicted octanol–water partition coefficient (Wildman–Crippen LogP) is 0.813. The summed E-state index contributed by atoms with van der Waals surface area (Å²) < 4.78 is 0. The zero-order valence-corrected chi connectivity index (χ0v) is 6.82. The van der Waals surface area contributed by atoms with Crippen LogP contribution in [0.5, 0.6) is 5.75 Å². The first-order chi connectivity index (χ1) is 6.16. The van der Waals surface area contributed by atoms with E-state index in [1.54, 1.807) is 12.1 Å². The summed E-state index contributed by atoms with van der Waals surface area (Å²) in [6, 6.07) is 4.26. The molecule has 0 fully saturated rings. The Balaban J connectivity index is 2.30. The van der Waals surface area contributed by atoms with Crippen LogP contribution >= 0.6 is 0 Å². The molecule has 0 aromatic heterocycles. The highest BCUT2D eigenvalue weighted by Crippen LogP contribution is 2.28. The first-order valence-electron chi connectivity index (χ1n) is 3.98. The number of aliphatic carboxylic acids is 1. The largest absolute Gasteiger partial charge is 0.508 e. The summed E-state index contributed by atoms with van der Waals surface area (Å²) >= 11 is 0. The van der Waals surface area contributed by atoms with Crippen LogP contribution in [0.1, 0.15) is 5.56 Å². The lowest BCUT2D eigenvalue weighted by atomic mass is 10.1. The van der Waals surface area contributed by atoms with Gasteiger partial charge in [0.25, 0.3) is 0 Å². The Labute approximate surface area is 74.8 Å². The minimum Gasteiger partial charge on any atom is -0.508 e. The molecule has 1 aromatic rings. The van der Waals surface area contributed by atoms with Gasteiger partial charge in [0.2, 0.25) is 0 Å². The molecular formula is C9H9NO3. The van der Waals surface area contributed by atoms with Crippen molar-refractivity contribution in [1.82, 2.24) is 0 Å². The van der Waals surface area contributed by atoms with E-state index in [2.05, 4.69) is 5.32 Å². The highest BCUT2D eigenvalue weighted by atomic mass is 16.4. The third kappa shape index (κ3) is 1.30. The summed E-state index contributed by atoms with van der Waals surface area (Å²) in [5.74, 6) is -0.692. The van der Waals surface area contributed by atoms with Gasteiger partial charge in [0, 0.05) is 12.1 Å². The summed E-state index contributed by atoms with van der Waals surface area (Å²) in [7, 11) is 0. The Hall–Kier alpha value is -1.71. The van der Waals surface area contributed by atoms with E-state index in [1.807, 2.05) is 0 Å². The van der Waals surface area contributed by atoms with Gasteiger partial charge in [-0.05, 0) is 23.8 Å². The lowest BCUT2D eigenvalue weighted by molar-refractivity contribution is -0.137. The SMILES string of the molecule is O=C(O)[C@@H]1Cc2cc(O)ccc2N1. The molecule has 1 aliphatic heterocycles. The van der Waals surface area contributed by atoms with Crippen molar-refractivity contribution in [2.75, 3.05) is 5.32 Å². The Morgan fingerprint density at radius 1 is 1.54 bits per heavy atom. The molecule has 0 unspecified atom stereocenters. The van der Waals surface area contributed by atoms with E-state index in [0.717, 1.165) is 11.3 Å². The number of aromatic hydroxyl groups is 1. The molecule has 0 saturated heterocycles. The van der Waals surface area contributed by atoms with Crippen LogP contribution in [0.2, 0.25) is 0 Å². The van der Waals surface area contributed by atoms with Gasteiger partial charge in [-0.1, -0.05) is 0 Å². The molecule has 1 heterocycles. The molecule has 0 bridgehead atoms. The number of anilines is 1. The second kappa shape index (κ2) is 2.65. The average molecular weight is 179 g/mol. The summed E-state index contributed by atoms with van der Waals surface area (Å²) in [5, 5.41) is 20.7. The topological polar surface area (TPSA) is 69.6 Å². The maximum Gasteiger partial charge on any atom is 0.326 e. The molecule has 0 aliphatic carbocycles. The number of rotatable bonds is 1. The Morgan fingerprint density at radius 3 is 3.00 bits per heavy atom. The molecule has 4 heteroatoms. The molecule has 0 radical (unpaired) electrons. The second-order valence-electron chi connectivity index (χ2n) is 3.08. The van der Waals surface area contributed by atoms with Crippen LogP contribution in [0.15, 0.2) is 18.2 Å². The third-order valence-electron chi connectivity index (χ3n) is 2.14. The normalized spacial score (nSPS) is 19.2. The fourth-order valence-electron chi connectivity index (χ4n) is 1.50. The van der Waals surface area contributed by atoms with E-state index < -0.39 is 12.0 Å². The number of carbonyl (C=O) groups is 1. The van der Waals surface area contributed by atoms with Gasteiger partial charge in [-0.15, -0.1) is 0 Å². The maximum atomic E-state index is 10.6. The zero-order valence-electron chi connectivity index (χ0n) is 6.82. The number of phenols is 1. The van der Waals surface area contributed by atoms with Crippen molar-refractivity contribution in [3.8, 4) is 5.75 Å². The number of carboxylic acids is 1. The minimum absolute atomic E-state index is 0.173. The van der Waals surface area contributed by atoms with E-state index in [-0.39, 0.29) is 5.75 Å². The molecule has 2 rings (SSSR count). The monoisotopic (exact) mass is 179 g/mol. The summed E-state index contributed by atoms with van der Waals surface area (Å²) in [4.78, 5) is 10.6. The first kappa shape index (κ1) is 7.91. The summed E-state index contributed by atoms with van der Waals surface area (Å²) in [5.41, 5.74) is 1.65. The van der Waals surface area contributed by atoms with Crippen molar-refractivity contribution in [3.05, 3.63) is 23.8 Å². The van der Waals surface area contributed by atoms with Crippen molar-refractivity contribution < 1.29 is 15.0 Å². The highest BCUT2D eigenvalue weighted by Gasteiger charge is 2.26. The highest BCUT2D eigenvalue weighted by molar-refractivity contribution is 5.81. The first-order valence-corrected chi connectivity index (χ1v) is 3.98. The van der Waals surface area contributed by atoms with Gasteiger partial charge in [-0.3, -0.25) is 0 Å². The number of fused-ring (bicyclic) bond motifs is 1. The van der Waals surface area contributed by atoms with Crippen molar-refractivity contribution in [2.24, 2.45) is 0 Å². The van der Waals surface area contributed by atoms with Gasteiger partial charge in [-0.25, -0.2) is 4.79 Å². The molecule has 1 aromatic carbocycles. The number of hydrogen-bond donors (Lipinski definition) is 3. The van der Waals surface area contributed by atoms with Gasteiger partial charge in [0.15, 0.2) is 0 Å². The fraction of sp³-hybridized carbons (Fsp3) is 0.222. The smallest absolute Gasteiger partial charge is 0.326 e. The van der Waals surface area contributed by atoms with E-state index in [9.17, 15) is 4.79 Å². The number of nitrogens with one attached hydrogen (secondary N) is 1. The summed E-state index contributed by atoms with van der Waals surface area (Å²) in [6.45, 7) is 0. The third-order valence-corrected chi connectivity index (χ3v) is 2.14. The van der Waals surface area contributed by atoms with Crippen molar-refractivity contribution in [3.63, 3.8) is 0 Å². The fourth-order valence-corrected chi connectivity index (χ4v) is 1.50. The van der Waals surface area contributed by atoms with Crippen LogP contribution in [-0.4, -0.2) is 22.2 Å². The molecular weight excluding hydrogens is 170 g/mol. The molecule has 13 heavy (non-hydrogen) atoms. The van der Waals surface area contributed by atoms with Gasteiger partial charge in [0.05, 0.1) is 0 Å². The number of phenolic OH excluding ortho intramolecular Hbond substituents is 1. The van der Waals surface area contributed by atoms with E-state index in [0.29, 0.717) is 6.42 Å². The minimum atomic E-state index is -0.865.